The average Bonchev–Trinajstić information content (AvgIpc) is 3.08. The molecule has 2 unspecified atom stereocenters. The smallest absolute Gasteiger partial charge is 0.310 e. The number of hydrogen-bond acceptors (Lipinski definition) is 3. The molecule has 1 amide bonds. The minimum Gasteiger partial charge on any atom is -0.497 e. The molecule has 1 aromatic carbocycles. The number of methoxy groups -OCH3 is 1. The van der Waals surface area contributed by atoms with Crippen molar-refractivity contribution < 1.29 is 19.4 Å². The predicted molar refractivity (Wildman–Crippen MR) is 122 cm³/mol. The van der Waals surface area contributed by atoms with Gasteiger partial charge in [0.15, 0.2) is 0 Å². The molecule has 0 aromatic heterocycles. The fraction of sp³-hybridized carbons (Fsp3) is 0.630. The Hall–Kier alpha value is -2.30. The van der Waals surface area contributed by atoms with E-state index in [2.05, 4.69) is 25.2 Å². The van der Waals surface area contributed by atoms with Gasteiger partial charge in [-0.05, 0) is 91.9 Å². The number of ether oxygens (including phenoxy) is 1. The van der Waals surface area contributed by atoms with Crippen LogP contribution in [0, 0.1) is 34.0 Å². The minimum absolute atomic E-state index is 0.0248. The second-order valence-corrected chi connectivity index (χ2v) is 11.1. The van der Waals surface area contributed by atoms with E-state index in [1.165, 1.54) is 0 Å². The molecule has 3 saturated carbocycles. The number of rotatable bonds is 4. The number of carboxylic acids is 1. The number of hydrogen-bond donors (Lipinski definition) is 2. The molecular weight excluding hydrogens is 402 g/mol. The summed E-state index contributed by atoms with van der Waals surface area (Å²) >= 11 is 0. The van der Waals surface area contributed by atoms with Gasteiger partial charge >= 0.3 is 5.97 Å². The van der Waals surface area contributed by atoms with Gasteiger partial charge in [-0.2, -0.15) is 0 Å². The molecule has 2 N–H and O–H groups in total. The monoisotopic (exact) mass is 437 g/mol. The second kappa shape index (κ2) is 7.36. The van der Waals surface area contributed by atoms with Gasteiger partial charge in [-0.3, -0.25) is 9.59 Å². The third-order valence-corrected chi connectivity index (χ3v) is 10.1. The van der Waals surface area contributed by atoms with Gasteiger partial charge in [-0.15, -0.1) is 0 Å². The van der Waals surface area contributed by atoms with Gasteiger partial charge in [0.05, 0.1) is 12.5 Å². The topological polar surface area (TPSA) is 75.6 Å². The standard InChI is InChI=1S/C27H35NO4/c1-25-13-12-23(29)28-22(25)9-8-19-20(25)10-14-26(2)21(19)11-15-27(26,24(30)31)16-17-4-6-18(32-3)7-5-17/h4-7,12-13,19-22H,8-11,14-16H2,1-3H3,(H,28,29)(H,30,31)/t19-,20-,21+,22?,25-,26+,27?/m1/s1. The fourth-order valence-electron chi connectivity index (χ4n) is 8.28. The first kappa shape index (κ1) is 21.5. The van der Waals surface area contributed by atoms with E-state index in [9.17, 15) is 14.7 Å². The molecule has 1 aromatic rings. The molecule has 1 aliphatic heterocycles. The molecule has 0 radical (unpaired) electrons. The zero-order valence-corrected chi connectivity index (χ0v) is 19.4. The lowest BCUT2D eigenvalue weighted by Crippen LogP contribution is -2.60. The molecule has 3 aliphatic carbocycles. The Bertz CT molecular complexity index is 955. The van der Waals surface area contributed by atoms with Crippen LogP contribution < -0.4 is 10.1 Å². The molecule has 172 valence electrons. The summed E-state index contributed by atoms with van der Waals surface area (Å²) in [5.74, 6) is 1.62. The molecule has 1 heterocycles. The van der Waals surface area contributed by atoms with E-state index >= 15 is 0 Å². The highest BCUT2D eigenvalue weighted by Gasteiger charge is 2.67. The maximum atomic E-state index is 12.9. The van der Waals surface area contributed by atoms with Crippen molar-refractivity contribution in [1.29, 1.82) is 0 Å². The van der Waals surface area contributed by atoms with Gasteiger partial charge in [0, 0.05) is 11.5 Å². The van der Waals surface area contributed by atoms with Crippen LogP contribution in [0.3, 0.4) is 0 Å². The van der Waals surface area contributed by atoms with Crippen LogP contribution in [0.25, 0.3) is 0 Å². The lowest BCUT2D eigenvalue weighted by molar-refractivity contribution is -0.164. The largest absolute Gasteiger partial charge is 0.497 e. The number of fused-ring (bicyclic) bond motifs is 5. The van der Waals surface area contributed by atoms with Crippen molar-refractivity contribution >= 4 is 11.9 Å². The lowest BCUT2D eigenvalue weighted by atomic mass is 9.45. The number of carbonyl (C=O) groups excluding carboxylic acids is 1. The second-order valence-electron chi connectivity index (χ2n) is 11.1. The molecule has 7 atom stereocenters. The molecule has 32 heavy (non-hydrogen) atoms. The van der Waals surface area contributed by atoms with Crippen LogP contribution in [0.15, 0.2) is 36.4 Å². The highest BCUT2D eigenvalue weighted by Crippen LogP contribution is 2.69. The minimum atomic E-state index is -0.731. The Balaban J connectivity index is 1.47. The zero-order valence-electron chi connectivity index (χ0n) is 19.4. The number of amides is 1. The van der Waals surface area contributed by atoms with Crippen molar-refractivity contribution in [2.75, 3.05) is 7.11 Å². The average molecular weight is 438 g/mol. The molecule has 0 saturated heterocycles. The van der Waals surface area contributed by atoms with E-state index in [0.717, 1.165) is 49.8 Å². The summed E-state index contributed by atoms with van der Waals surface area (Å²) in [7, 11) is 1.65. The number of aliphatic carboxylic acids is 1. The predicted octanol–water partition coefficient (Wildman–Crippen LogP) is 4.61. The van der Waals surface area contributed by atoms with Crippen LogP contribution in [0.5, 0.6) is 5.75 Å². The highest BCUT2D eigenvalue weighted by atomic mass is 16.5. The molecule has 0 bridgehead atoms. The molecule has 0 spiro atoms. The van der Waals surface area contributed by atoms with E-state index in [-0.39, 0.29) is 22.8 Å². The Kier molecular flexibility index (Phi) is 4.95. The van der Waals surface area contributed by atoms with Crippen molar-refractivity contribution in [2.45, 2.75) is 64.8 Å². The Labute approximate surface area is 190 Å². The first-order valence-electron chi connectivity index (χ1n) is 12.1. The Morgan fingerprint density at radius 3 is 2.50 bits per heavy atom. The van der Waals surface area contributed by atoms with Crippen molar-refractivity contribution in [3.8, 4) is 5.75 Å². The van der Waals surface area contributed by atoms with Gasteiger partial charge in [-0.1, -0.05) is 32.1 Å². The normalized spacial score (nSPS) is 42.4. The van der Waals surface area contributed by atoms with E-state index in [1.807, 2.05) is 24.3 Å². The summed E-state index contributed by atoms with van der Waals surface area (Å²) in [6, 6.07) is 8.11. The van der Waals surface area contributed by atoms with E-state index in [0.29, 0.717) is 24.2 Å². The van der Waals surface area contributed by atoms with Crippen LogP contribution in [-0.2, 0) is 16.0 Å². The van der Waals surface area contributed by atoms with Crippen LogP contribution in [0.2, 0.25) is 0 Å². The summed E-state index contributed by atoms with van der Waals surface area (Å²) in [6.07, 6.45) is 10.2. The van der Waals surface area contributed by atoms with Crippen molar-refractivity contribution in [1.82, 2.24) is 5.32 Å². The Morgan fingerprint density at radius 2 is 1.81 bits per heavy atom. The maximum Gasteiger partial charge on any atom is 0.310 e. The van der Waals surface area contributed by atoms with Gasteiger partial charge in [0.2, 0.25) is 5.91 Å². The van der Waals surface area contributed by atoms with Gasteiger partial charge in [0.1, 0.15) is 5.75 Å². The van der Waals surface area contributed by atoms with E-state index in [4.69, 9.17) is 4.74 Å². The molecule has 5 nitrogen and oxygen atoms in total. The number of benzene rings is 1. The zero-order chi connectivity index (χ0) is 22.7. The van der Waals surface area contributed by atoms with Crippen LogP contribution in [0.1, 0.15) is 57.9 Å². The quantitative estimate of drug-likeness (QED) is 0.722. The lowest BCUT2D eigenvalue weighted by Gasteiger charge is -2.60. The summed E-state index contributed by atoms with van der Waals surface area (Å²) in [5.41, 5.74) is 0.102. The Morgan fingerprint density at radius 1 is 1.09 bits per heavy atom. The summed E-state index contributed by atoms with van der Waals surface area (Å²) < 4.78 is 5.29. The highest BCUT2D eigenvalue weighted by molar-refractivity contribution is 5.89. The van der Waals surface area contributed by atoms with Gasteiger partial charge in [-0.25, -0.2) is 0 Å². The number of carbonyl (C=O) groups is 2. The maximum absolute atomic E-state index is 12.9. The van der Waals surface area contributed by atoms with Gasteiger partial charge in [0.25, 0.3) is 0 Å². The molecule has 5 heteroatoms. The van der Waals surface area contributed by atoms with Crippen molar-refractivity contribution in [2.24, 2.45) is 34.0 Å². The third-order valence-electron chi connectivity index (χ3n) is 10.1. The molecule has 5 rings (SSSR count). The molecular formula is C27H35NO4. The summed E-state index contributed by atoms with van der Waals surface area (Å²) in [6.45, 7) is 4.58. The molecule has 4 aliphatic rings. The van der Waals surface area contributed by atoms with Crippen molar-refractivity contribution in [3.63, 3.8) is 0 Å². The summed E-state index contributed by atoms with van der Waals surface area (Å²) in [5, 5.41) is 13.8. The number of nitrogens with one attached hydrogen (secondary N) is 1. The SMILES string of the molecule is COc1ccc(CC2(C(=O)O)CC[C@H]3[C@@H]4CCC5NC(=O)C=C[C@]5(C)[C@@H]4CC[C@@]32C)cc1. The first-order chi connectivity index (χ1) is 15.2. The molecule has 3 fully saturated rings. The van der Waals surface area contributed by atoms with E-state index in [1.54, 1.807) is 13.2 Å². The summed E-state index contributed by atoms with van der Waals surface area (Å²) in [4.78, 5) is 24.9. The first-order valence-corrected chi connectivity index (χ1v) is 12.1. The van der Waals surface area contributed by atoms with Crippen LogP contribution in [0.4, 0.5) is 0 Å². The third kappa shape index (κ3) is 2.89. The number of carboxylic acid groups (broad SMARTS) is 1. The fourth-order valence-corrected chi connectivity index (χ4v) is 8.28. The van der Waals surface area contributed by atoms with Crippen LogP contribution >= 0.6 is 0 Å². The van der Waals surface area contributed by atoms with Crippen molar-refractivity contribution in [3.05, 3.63) is 42.0 Å². The van der Waals surface area contributed by atoms with Crippen LogP contribution in [-0.4, -0.2) is 30.1 Å². The van der Waals surface area contributed by atoms with Gasteiger partial charge < -0.3 is 15.2 Å². The van der Waals surface area contributed by atoms with E-state index < -0.39 is 11.4 Å².